The van der Waals surface area contributed by atoms with Crippen molar-refractivity contribution in [1.29, 1.82) is 0 Å². The topological polar surface area (TPSA) is 123 Å². The molecule has 0 aliphatic heterocycles. The lowest BCUT2D eigenvalue weighted by Crippen LogP contribution is -2.24. The van der Waals surface area contributed by atoms with Gasteiger partial charge >= 0.3 is 0 Å². The van der Waals surface area contributed by atoms with Gasteiger partial charge in [-0.1, -0.05) is 16.8 Å². The fraction of sp³-hybridized carbons (Fsp3) is 0.188. The number of pyridine rings is 2. The molecule has 0 spiro atoms. The largest absolute Gasteiger partial charge is 0.478 e. The highest BCUT2D eigenvalue weighted by molar-refractivity contribution is 6.30. The molecule has 0 saturated carbocycles. The van der Waals surface area contributed by atoms with E-state index in [4.69, 9.17) is 20.9 Å². The van der Waals surface area contributed by atoms with Crippen molar-refractivity contribution >= 4 is 17.5 Å². The Kier molecular flexibility index (Phi) is 5.28. The van der Waals surface area contributed by atoms with Gasteiger partial charge in [-0.05, 0) is 19.1 Å². The van der Waals surface area contributed by atoms with Crippen LogP contribution < -0.4 is 15.6 Å². The van der Waals surface area contributed by atoms with Gasteiger partial charge in [0.2, 0.25) is 17.6 Å². The molecule has 26 heavy (non-hydrogen) atoms. The summed E-state index contributed by atoms with van der Waals surface area (Å²) in [6.07, 6.45) is 2.84. The maximum Gasteiger partial charge on any atom is 0.266 e. The van der Waals surface area contributed by atoms with Crippen molar-refractivity contribution in [3.63, 3.8) is 0 Å². The second-order valence-corrected chi connectivity index (χ2v) is 5.49. The maximum absolute atomic E-state index is 12.1. The molecule has 3 aromatic heterocycles. The lowest BCUT2D eigenvalue weighted by Gasteiger charge is -2.02. The van der Waals surface area contributed by atoms with E-state index < -0.39 is 11.5 Å². The van der Waals surface area contributed by atoms with Crippen LogP contribution in [0.15, 0.2) is 39.9 Å². The summed E-state index contributed by atoms with van der Waals surface area (Å²) in [6, 6.07) is 4.74. The normalized spacial score (nSPS) is 10.5. The summed E-state index contributed by atoms with van der Waals surface area (Å²) in [5.74, 6) is 0.632. The summed E-state index contributed by atoms with van der Waals surface area (Å²) in [7, 11) is 0. The van der Waals surface area contributed by atoms with Crippen LogP contribution in [-0.4, -0.2) is 32.6 Å². The van der Waals surface area contributed by atoms with Gasteiger partial charge in [0.05, 0.1) is 18.7 Å². The minimum atomic E-state index is -0.464. The number of hydrogen-bond acceptors (Lipinski definition) is 7. The number of aromatic amines is 1. The number of nitrogens with one attached hydrogen (secondary N) is 2. The Morgan fingerprint density at radius 3 is 2.96 bits per heavy atom. The molecule has 0 fully saturated rings. The molecule has 1 amide bonds. The zero-order valence-corrected chi connectivity index (χ0v) is 14.4. The predicted octanol–water partition coefficient (Wildman–Crippen LogP) is 1.80. The molecule has 2 N–H and O–H groups in total. The standard InChI is InChI=1S/C16H14ClN5O4/c1-2-25-12-4-3-9(6-18-12)14-21-13(26-22-14)8-20-15(23)10-5-11(17)16(24)19-7-10/h3-7H,2,8H2,1H3,(H,19,24)(H,20,23). The van der Waals surface area contributed by atoms with Crippen molar-refractivity contribution in [3.8, 4) is 17.3 Å². The molecular weight excluding hydrogens is 362 g/mol. The predicted molar refractivity (Wildman–Crippen MR) is 91.9 cm³/mol. The summed E-state index contributed by atoms with van der Waals surface area (Å²) >= 11 is 5.70. The fourth-order valence-electron chi connectivity index (χ4n) is 2.03. The molecule has 3 rings (SSSR count). The molecule has 0 saturated heterocycles. The van der Waals surface area contributed by atoms with Gasteiger partial charge in [-0.15, -0.1) is 0 Å². The highest BCUT2D eigenvalue weighted by Gasteiger charge is 2.12. The van der Waals surface area contributed by atoms with Gasteiger partial charge in [0.15, 0.2) is 0 Å². The van der Waals surface area contributed by atoms with Gasteiger partial charge in [-0.2, -0.15) is 4.98 Å². The first-order valence-corrected chi connectivity index (χ1v) is 8.03. The van der Waals surface area contributed by atoms with Crippen LogP contribution in [0.3, 0.4) is 0 Å². The minimum absolute atomic E-state index is 0.0209. The number of carbonyl (C=O) groups is 1. The lowest BCUT2D eigenvalue weighted by atomic mass is 10.2. The van der Waals surface area contributed by atoms with Gasteiger partial charge < -0.3 is 19.6 Å². The zero-order chi connectivity index (χ0) is 18.5. The summed E-state index contributed by atoms with van der Waals surface area (Å²) in [6.45, 7) is 2.42. The van der Waals surface area contributed by atoms with Crippen LogP contribution in [0.25, 0.3) is 11.4 Å². The van der Waals surface area contributed by atoms with Crippen molar-refractivity contribution in [3.05, 3.63) is 57.4 Å². The van der Waals surface area contributed by atoms with E-state index in [1.165, 1.54) is 12.3 Å². The molecule has 0 aliphatic carbocycles. The van der Waals surface area contributed by atoms with Gasteiger partial charge in [0.1, 0.15) is 5.02 Å². The van der Waals surface area contributed by atoms with E-state index in [1.54, 1.807) is 18.3 Å². The molecule has 0 aromatic carbocycles. The van der Waals surface area contributed by atoms with Crippen LogP contribution in [0.2, 0.25) is 5.02 Å². The summed E-state index contributed by atoms with van der Waals surface area (Å²) in [4.78, 5) is 33.9. The van der Waals surface area contributed by atoms with E-state index in [-0.39, 0.29) is 23.0 Å². The van der Waals surface area contributed by atoms with Crippen molar-refractivity contribution in [2.45, 2.75) is 13.5 Å². The Balaban J connectivity index is 1.63. The molecular formula is C16H14ClN5O4. The molecule has 0 unspecified atom stereocenters. The Hall–Kier alpha value is -3.20. The van der Waals surface area contributed by atoms with Crippen LogP contribution in [-0.2, 0) is 6.54 Å². The van der Waals surface area contributed by atoms with Crippen LogP contribution in [0.4, 0.5) is 0 Å². The number of rotatable bonds is 6. The fourth-order valence-corrected chi connectivity index (χ4v) is 2.21. The average molecular weight is 376 g/mol. The van der Waals surface area contributed by atoms with E-state index in [0.717, 1.165) is 0 Å². The lowest BCUT2D eigenvalue weighted by molar-refractivity contribution is 0.0946. The first-order valence-electron chi connectivity index (χ1n) is 7.65. The highest BCUT2D eigenvalue weighted by atomic mass is 35.5. The molecule has 10 heteroatoms. The second-order valence-electron chi connectivity index (χ2n) is 5.08. The third kappa shape index (κ3) is 4.06. The molecule has 0 aliphatic rings. The highest BCUT2D eigenvalue weighted by Crippen LogP contribution is 2.17. The van der Waals surface area contributed by atoms with E-state index >= 15 is 0 Å². The second kappa shape index (κ2) is 7.79. The quantitative estimate of drug-likeness (QED) is 0.673. The van der Waals surface area contributed by atoms with Crippen LogP contribution in [0, 0.1) is 0 Å². The molecule has 0 atom stereocenters. The van der Waals surface area contributed by atoms with Crippen LogP contribution >= 0.6 is 11.6 Å². The monoisotopic (exact) mass is 375 g/mol. The maximum atomic E-state index is 12.1. The zero-order valence-electron chi connectivity index (χ0n) is 13.7. The number of H-pyrrole nitrogens is 1. The third-order valence-corrected chi connectivity index (χ3v) is 3.56. The number of amides is 1. The molecule has 3 heterocycles. The smallest absolute Gasteiger partial charge is 0.266 e. The number of halogens is 1. The van der Waals surface area contributed by atoms with Gasteiger partial charge in [-0.3, -0.25) is 9.59 Å². The number of nitrogens with zero attached hydrogens (tertiary/aromatic N) is 3. The Morgan fingerprint density at radius 2 is 2.27 bits per heavy atom. The number of carbonyl (C=O) groups excluding carboxylic acids is 1. The van der Waals surface area contributed by atoms with Crippen molar-refractivity contribution in [2.24, 2.45) is 0 Å². The summed E-state index contributed by atoms with van der Waals surface area (Å²) in [5, 5.41) is 6.38. The Bertz CT molecular complexity index is 967. The van der Waals surface area contributed by atoms with Crippen molar-refractivity contribution in [2.75, 3.05) is 6.61 Å². The molecule has 3 aromatic rings. The first-order chi connectivity index (χ1) is 12.6. The van der Waals surface area contributed by atoms with Gasteiger partial charge in [-0.25, -0.2) is 4.98 Å². The van der Waals surface area contributed by atoms with E-state index in [1.807, 2.05) is 6.92 Å². The number of ether oxygens (including phenoxy) is 1. The third-order valence-electron chi connectivity index (χ3n) is 3.28. The van der Waals surface area contributed by atoms with Gasteiger partial charge in [0.25, 0.3) is 11.5 Å². The van der Waals surface area contributed by atoms with Crippen LogP contribution in [0.1, 0.15) is 23.2 Å². The van der Waals surface area contributed by atoms with Crippen molar-refractivity contribution in [1.82, 2.24) is 25.4 Å². The SMILES string of the molecule is CCOc1ccc(-c2noc(CNC(=O)c3c[nH]c(=O)c(Cl)c3)n2)cn1. The Morgan fingerprint density at radius 1 is 1.42 bits per heavy atom. The molecule has 0 radical (unpaired) electrons. The van der Waals surface area contributed by atoms with E-state index in [2.05, 4.69) is 25.4 Å². The average Bonchev–Trinajstić information content (AvgIpc) is 3.12. The van der Waals surface area contributed by atoms with Crippen LogP contribution in [0.5, 0.6) is 5.88 Å². The van der Waals surface area contributed by atoms with E-state index in [9.17, 15) is 9.59 Å². The van der Waals surface area contributed by atoms with Gasteiger partial charge in [0, 0.05) is 24.0 Å². The number of aromatic nitrogens is 4. The number of hydrogen-bond donors (Lipinski definition) is 2. The summed E-state index contributed by atoms with van der Waals surface area (Å²) < 4.78 is 10.4. The molecule has 134 valence electrons. The van der Waals surface area contributed by atoms with Crippen molar-refractivity contribution < 1.29 is 14.1 Å². The first kappa shape index (κ1) is 17.6. The molecule has 0 bridgehead atoms. The Labute approximate surface area is 152 Å². The summed E-state index contributed by atoms with van der Waals surface area (Å²) in [5.41, 5.74) is 0.404. The minimum Gasteiger partial charge on any atom is -0.478 e. The van der Waals surface area contributed by atoms with E-state index in [0.29, 0.717) is 23.9 Å². The molecule has 9 nitrogen and oxygen atoms in total.